The molecular formula is C20H20N4. The number of para-hydroxylation sites is 2. The summed E-state index contributed by atoms with van der Waals surface area (Å²) in [5, 5.41) is 0. The molecule has 0 aliphatic heterocycles. The molecule has 0 saturated heterocycles. The molecule has 4 heteroatoms. The normalized spacial score (nSPS) is 11.2. The van der Waals surface area contributed by atoms with E-state index < -0.39 is 0 Å². The van der Waals surface area contributed by atoms with Gasteiger partial charge in [-0.1, -0.05) is 35.9 Å². The van der Waals surface area contributed by atoms with Crippen molar-refractivity contribution in [1.82, 2.24) is 19.5 Å². The summed E-state index contributed by atoms with van der Waals surface area (Å²) in [7, 11) is 0. The summed E-state index contributed by atoms with van der Waals surface area (Å²) in [5.74, 6) is 0.807. The van der Waals surface area contributed by atoms with Gasteiger partial charge in [0, 0.05) is 6.20 Å². The smallest absolute Gasteiger partial charge is 0.213 e. The fraction of sp³-hybridized carbons (Fsp3) is 0.200. The monoisotopic (exact) mass is 316 g/mol. The van der Waals surface area contributed by atoms with Crippen LogP contribution in [-0.2, 0) is 12.8 Å². The number of rotatable bonds is 4. The van der Waals surface area contributed by atoms with E-state index in [1.807, 2.05) is 35.2 Å². The predicted octanol–water partition coefficient (Wildman–Crippen LogP) is 4.15. The highest BCUT2D eigenvalue weighted by molar-refractivity contribution is 5.75. The van der Waals surface area contributed by atoms with E-state index >= 15 is 0 Å². The molecule has 4 aromatic rings. The predicted molar refractivity (Wildman–Crippen MR) is 96.5 cm³/mol. The van der Waals surface area contributed by atoms with Gasteiger partial charge in [0.2, 0.25) is 5.95 Å². The lowest BCUT2D eigenvalue weighted by Crippen LogP contribution is -1.95. The molecule has 0 spiro atoms. The largest absolute Gasteiger partial charge is 0.323 e. The number of aryl methyl sites for hydroxylation is 4. The number of benzene rings is 2. The molecule has 0 aliphatic rings. The Labute approximate surface area is 141 Å². The van der Waals surface area contributed by atoms with Crippen LogP contribution in [0.3, 0.4) is 0 Å². The molecule has 24 heavy (non-hydrogen) atoms. The van der Waals surface area contributed by atoms with Crippen LogP contribution >= 0.6 is 0 Å². The summed E-state index contributed by atoms with van der Waals surface area (Å²) in [6.45, 7) is 4.31. The minimum atomic E-state index is 0.807. The van der Waals surface area contributed by atoms with Gasteiger partial charge in [-0.3, -0.25) is 4.57 Å². The minimum absolute atomic E-state index is 0.807. The third-order valence-electron chi connectivity index (χ3n) is 4.41. The molecule has 4 nitrogen and oxygen atoms in total. The zero-order valence-corrected chi connectivity index (χ0v) is 14.0. The number of H-pyrrole nitrogens is 1. The highest BCUT2D eigenvalue weighted by Crippen LogP contribution is 2.16. The first kappa shape index (κ1) is 14.7. The average Bonchev–Trinajstić information content (AvgIpc) is 3.20. The summed E-state index contributed by atoms with van der Waals surface area (Å²) < 4.78 is 1.96. The Balaban J connectivity index is 1.52. The first-order chi connectivity index (χ1) is 11.7. The molecule has 2 heterocycles. The van der Waals surface area contributed by atoms with Crippen LogP contribution in [-0.4, -0.2) is 19.5 Å². The van der Waals surface area contributed by atoms with Crippen LogP contribution in [0.2, 0.25) is 0 Å². The van der Waals surface area contributed by atoms with Gasteiger partial charge in [-0.05, 0) is 49.9 Å². The second kappa shape index (κ2) is 5.96. The molecule has 0 amide bonds. The van der Waals surface area contributed by atoms with Gasteiger partial charge in [-0.2, -0.15) is 0 Å². The lowest BCUT2D eigenvalue weighted by atomic mass is 10.0. The third-order valence-corrected chi connectivity index (χ3v) is 4.41. The van der Waals surface area contributed by atoms with E-state index in [1.165, 1.54) is 16.7 Å². The molecule has 0 radical (unpaired) electrons. The third kappa shape index (κ3) is 2.83. The number of hydrogen-bond donors (Lipinski definition) is 1. The van der Waals surface area contributed by atoms with Crippen LogP contribution in [0.1, 0.15) is 22.4 Å². The molecule has 2 aromatic heterocycles. The molecule has 2 aromatic carbocycles. The van der Waals surface area contributed by atoms with Gasteiger partial charge in [0.05, 0.1) is 16.7 Å². The number of aromatic nitrogens is 4. The van der Waals surface area contributed by atoms with E-state index in [1.54, 1.807) is 0 Å². The lowest BCUT2D eigenvalue weighted by molar-refractivity contribution is 0.913. The van der Waals surface area contributed by atoms with Gasteiger partial charge in [-0.25, -0.2) is 9.97 Å². The number of hydrogen-bond acceptors (Lipinski definition) is 2. The van der Waals surface area contributed by atoms with E-state index in [0.717, 1.165) is 35.5 Å². The van der Waals surface area contributed by atoms with Gasteiger partial charge >= 0.3 is 0 Å². The van der Waals surface area contributed by atoms with Crippen molar-refractivity contribution in [3.63, 3.8) is 0 Å². The van der Waals surface area contributed by atoms with Crippen LogP contribution in [0.4, 0.5) is 0 Å². The maximum absolute atomic E-state index is 4.61. The summed E-state index contributed by atoms with van der Waals surface area (Å²) in [6, 6.07) is 14.7. The fourth-order valence-corrected chi connectivity index (χ4v) is 3.06. The second-order valence-corrected chi connectivity index (χ2v) is 6.28. The molecule has 120 valence electrons. The Bertz CT molecular complexity index is 961. The Kier molecular flexibility index (Phi) is 3.65. The van der Waals surface area contributed by atoms with E-state index in [-0.39, 0.29) is 0 Å². The van der Waals surface area contributed by atoms with Crippen LogP contribution in [0.5, 0.6) is 0 Å². The average molecular weight is 316 g/mol. The topological polar surface area (TPSA) is 46.5 Å². The first-order valence-electron chi connectivity index (χ1n) is 8.23. The number of nitrogens with zero attached hydrogens (tertiary/aromatic N) is 3. The Hall–Kier alpha value is -2.88. The molecule has 0 aliphatic carbocycles. The Morgan fingerprint density at radius 3 is 2.75 bits per heavy atom. The van der Waals surface area contributed by atoms with Crippen LogP contribution < -0.4 is 0 Å². The second-order valence-electron chi connectivity index (χ2n) is 6.28. The van der Waals surface area contributed by atoms with Gasteiger partial charge in [0.1, 0.15) is 6.33 Å². The minimum Gasteiger partial charge on any atom is -0.323 e. The first-order valence-corrected chi connectivity index (χ1v) is 8.23. The zero-order valence-electron chi connectivity index (χ0n) is 14.0. The van der Waals surface area contributed by atoms with Crippen molar-refractivity contribution in [1.29, 1.82) is 0 Å². The number of imidazole rings is 2. The summed E-state index contributed by atoms with van der Waals surface area (Å²) in [5.41, 5.74) is 7.14. The fourth-order valence-electron chi connectivity index (χ4n) is 3.06. The van der Waals surface area contributed by atoms with Gasteiger partial charge in [-0.15, -0.1) is 0 Å². The standard InChI is InChI=1S/C20H20N4/c1-14-7-8-16(15(2)11-14)9-10-17-12-24(13-21-17)20-22-18-5-3-4-6-19(18)23-20/h3-8,11-13H,9-10H2,1-2H3,(H,22,23). The van der Waals surface area contributed by atoms with Crippen molar-refractivity contribution in [2.45, 2.75) is 26.7 Å². The highest BCUT2D eigenvalue weighted by atomic mass is 15.2. The van der Waals surface area contributed by atoms with Gasteiger partial charge < -0.3 is 4.98 Å². The molecule has 4 rings (SSSR count). The number of nitrogens with one attached hydrogen (secondary N) is 1. The summed E-state index contributed by atoms with van der Waals surface area (Å²) in [4.78, 5) is 12.5. The highest BCUT2D eigenvalue weighted by Gasteiger charge is 2.07. The van der Waals surface area contributed by atoms with E-state index in [2.05, 4.69) is 53.2 Å². The van der Waals surface area contributed by atoms with E-state index in [9.17, 15) is 0 Å². The van der Waals surface area contributed by atoms with Gasteiger partial charge in [0.15, 0.2) is 0 Å². The molecule has 0 bridgehead atoms. The van der Waals surface area contributed by atoms with Crippen molar-refractivity contribution in [3.8, 4) is 5.95 Å². The SMILES string of the molecule is Cc1ccc(CCc2cn(-c3nc4ccccc4[nH]3)cn2)c(C)c1. The zero-order chi connectivity index (χ0) is 16.5. The van der Waals surface area contributed by atoms with E-state index in [0.29, 0.717) is 0 Å². The summed E-state index contributed by atoms with van der Waals surface area (Å²) >= 11 is 0. The Morgan fingerprint density at radius 2 is 1.92 bits per heavy atom. The maximum atomic E-state index is 4.61. The molecule has 0 fully saturated rings. The number of aromatic amines is 1. The van der Waals surface area contributed by atoms with Crippen molar-refractivity contribution >= 4 is 11.0 Å². The molecular weight excluding hydrogens is 296 g/mol. The molecule has 0 saturated carbocycles. The quantitative estimate of drug-likeness (QED) is 0.615. The molecule has 1 N–H and O–H groups in total. The lowest BCUT2D eigenvalue weighted by Gasteiger charge is -2.05. The van der Waals surface area contributed by atoms with Crippen molar-refractivity contribution < 1.29 is 0 Å². The Morgan fingerprint density at radius 1 is 1.04 bits per heavy atom. The van der Waals surface area contributed by atoms with Crippen molar-refractivity contribution in [3.05, 3.63) is 77.4 Å². The van der Waals surface area contributed by atoms with Crippen molar-refractivity contribution in [2.24, 2.45) is 0 Å². The van der Waals surface area contributed by atoms with E-state index in [4.69, 9.17) is 0 Å². The van der Waals surface area contributed by atoms with Crippen molar-refractivity contribution in [2.75, 3.05) is 0 Å². The van der Waals surface area contributed by atoms with Crippen LogP contribution in [0, 0.1) is 13.8 Å². The van der Waals surface area contributed by atoms with Crippen LogP contribution in [0.15, 0.2) is 55.0 Å². The van der Waals surface area contributed by atoms with Crippen LogP contribution in [0.25, 0.3) is 17.0 Å². The van der Waals surface area contributed by atoms with Gasteiger partial charge in [0.25, 0.3) is 0 Å². The maximum Gasteiger partial charge on any atom is 0.213 e. The molecule has 0 unspecified atom stereocenters. The summed E-state index contributed by atoms with van der Waals surface area (Å²) in [6.07, 6.45) is 5.82. The molecule has 0 atom stereocenters. The number of fused-ring (bicyclic) bond motifs is 1.